The van der Waals surface area contributed by atoms with Crippen LogP contribution >= 0.6 is 0 Å². The molecule has 4 heteroatoms. The Kier molecular flexibility index (Phi) is 5.30. The largest absolute Gasteiger partial charge is 0.330 e. The number of fused-ring (bicyclic) bond motifs is 1. The number of hydrogen-bond acceptors (Lipinski definition) is 2. The summed E-state index contributed by atoms with van der Waals surface area (Å²) < 4.78 is 2.86. The van der Waals surface area contributed by atoms with Crippen LogP contribution in [0.1, 0.15) is 55.8 Å². The maximum Gasteiger partial charge on any atom is 0.330 e. The highest BCUT2D eigenvalue weighted by Gasteiger charge is 2.32. The molecule has 0 bridgehead atoms. The molecule has 0 saturated carbocycles. The molecule has 1 aliphatic carbocycles. The molecule has 26 heavy (non-hydrogen) atoms. The summed E-state index contributed by atoms with van der Waals surface area (Å²) in [5.41, 5.74) is 3.67. The number of hydrogen-bond donors (Lipinski definition) is 0. The summed E-state index contributed by atoms with van der Waals surface area (Å²) in [4.78, 5) is 25.3. The Morgan fingerprint density at radius 2 is 1.65 bits per heavy atom. The first-order chi connectivity index (χ1) is 12.5. The molecule has 1 unspecified atom stereocenters. The van der Waals surface area contributed by atoms with Crippen molar-refractivity contribution >= 4 is 6.08 Å². The smallest absolute Gasteiger partial charge is 0.297 e. The molecule has 0 N–H and O–H groups in total. The number of nitrogens with zero attached hydrogens (tertiary/aromatic N) is 2. The van der Waals surface area contributed by atoms with Crippen LogP contribution < -0.4 is 11.2 Å². The van der Waals surface area contributed by atoms with Gasteiger partial charge in [-0.05, 0) is 30.4 Å². The van der Waals surface area contributed by atoms with Crippen LogP contribution in [0.2, 0.25) is 0 Å². The highest BCUT2D eigenvalue weighted by atomic mass is 16.2. The lowest BCUT2D eigenvalue weighted by molar-refractivity contribution is 0.476. The molecule has 2 aromatic rings. The molecule has 0 aliphatic heterocycles. The average molecular weight is 352 g/mol. The molecule has 0 spiro atoms. The van der Waals surface area contributed by atoms with Gasteiger partial charge in [-0.2, -0.15) is 0 Å². The molecule has 1 aromatic carbocycles. The summed E-state index contributed by atoms with van der Waals surface area (Å²) in [6.07, 6.45) is 6.13. The van der Waals surface area contributed by atoms with E-state index in [2.05, 4.69) is 32.1 Å². The van der Waals surface area contributed by atoms with Gasteiger partial charge in [0.25, 0.3) is 5.56 Å². The lowest BCUT2D eigenvalue weighted by atomic mass is 9.84. The van der Waals surface area contributed by atoms with Gasteiger partial charge in [0.05, 0.1) is 5.69 Å². The first-order valence-electron chi connectivity index (χ1n) is 9.52. The summed E-state index contributed by atoms with van der Waals surface area (Å²) >= 11 is 0. The quantitative estimate of drug-likeness (QED) is 0.797. The normalized spacial score (nSPS) is 16.0. The fourth-order valence-electron chi connectivity index (χ4n) is 4.04. The van der Waals surface area contributed by atoms with Crippen LogP contribution in [0.25, 0.3) is 6.08 Å². The van der Waals surface area contributed by atoms with Crippen molar-refractivity contribution in [2.45, 2.75) is 45.4 Å². The fraction of sp³-hybridized carbons (Fsp3) is 0.455. The molecule has 0 fully saturated rings. The van der Waals surface area contributed by atoms with Crippen LogP contribution in [-0.2, 0) is 20.5 Å². The van der Waals surface area contributed by atoms with E-state index in [1.807, 2.05) is 18.2 Å². The monoisotopic (exact) mass is 352 g/mol. The van der Waals surface area contributed by atoms with Crippen LogP contribution in [0.15, 0.2) is 45.5 Å². The third kappa shape index (κ3) is 3.20. The van der Waals surface area contributed by atoms with Crippen molar-refractivity contribution in [1.29, 1.82) is 0 Å². The van der Waals surface area contributed by atoms with E-state index < -0.39 is 0 Å². The zero-order chi connectivity index (χ0) is 18.8. The van der Waals surface area contributed by atoms with E-state index in [1.165, 1.54) is 15.7 Å². The van der Waals surface area contributed by atoms with Gasteiger partial charge in [-0.25, -0.2) is 4.79 Å². The number of rotatable bonds is 6. The summed E-state index contributed by atoms with van der Waals surface area (Å²) in [6.45, 7) is 4.44. The maximum atomic E-state index is 12.9. The Bertz CT molecular complexity index is 931. The van der Waals surface area contributed by atoms with Crippen molar-refractivity contribution in [2.24, 2.45) is 20.0 Å². The van der Waals surface area contributed by atoms with Crippen molar-refractivity contribution in [1.82, 2.24) is 9.13 Å². The van der Waals surface area contributed by atoms with Crippen LogP contribution in [0.5, 0.6) is 0 Å². The molecule has 1 aromatic heterocycles. The van der Waals surface area contributed by atoms with E-state index >= 15 is 0 Å². The van der Waals surface area contributed by atoms with Gasteiger partial charge in [0.1, 0.15) is 0 Å². The summed E-state index contributed by atoms with van der Waals surface area (Å²) in [7, 11) is 3.33. The molecule has 0 saturated heterocycles. The Balaban J connectivity index is 2.11. The molecule has 4 nitrogen and oxygen atoms in total. The van der Waals surface area contributed by atoms with Crippen LogP contribution in [0.3, 0.4) is 0 Å². The first-order valence-corrected chi connectivity index (χ1v) is 9.52. The van der Waals surface area contributed by atoms with E-state index in [0.29, 0.717) is 5.92 Å². The SMILES string of the molecule is CCC(CC)CC1=Cc2c(c(=O)n(C)c(=O)n2C)C1Cc1ccccc1. The molecule has 3 rings (SSSR count). The Labute approximate surface area is 154 Å². The van der Waals surface area contributed by atoms with Gasteiger partial charge in [-0.1, -0.05) is 62.6 Å². The zero-order valence-electron chi connectivity index (χ0n) is 16.2. The highest BCUT2D eigenvalue weighted by molar-refractivity contribution is 5.64. The van der Waals surface area contributed by atoms with E-state index in [-0.39, 0.29) is 17.2 Å². The molecule has 0 amide bonds. The van der Waals surface area contributed by atoms with E-state index in [0.717, 1.165) is 36.9 Å². The van der Waals surface area contributed by atoms with Crippen molar-refractivity contribution in [3.8, 4) is 0 Å². The molecule has 1 aliphatic rings. The average Bonchev–Trinajstić information content (AvgIpc) is 3.01. The molecule has 1 atom stereocenters. The van der Waals surface area contributed by atoms with Gasteiger partial charge in [0.15, 0.2) is 0 Å². The van der Waals surface area contributed by atoms with Crippen LogP contribution in [0.4, 0.5) is 0 Å². The number of allylic oxidation sites excluding steroid dienone is 1. The minimum absolute atomic E-state index is 0.0542. The molecule has 138 valence electrons. The molecular formula is C22H28N2O2. The minimum Gasteiger partial charge on any atom is -0.297 e. The van der Waals surface area contributed by atoms with Gasteiger partial charge in [-0.15, -0.1) is 0 Å². The van der Waals surface area contributed by atoms with E-state index in [4.69, 9.17) is 0 Å². The van der Waals surface area contributed by atoms with Gasteiger partial charge in [0, 0.05) is 25.6 Å². The van der Waals surface area contributed by atoms with E-state index in [9.17, 15) is 9.59 Å². The lowest BCUT2D eigenvalue weighted by Gasteiger charge is -2.20. The van der Waals surface area contributed by atoms with Gasteiger partial charge >= 0.3 is 5.69 Å². The standard InChI is InChI=1S/C22H28N2O2/c1-5-15(6-2)12-17-14-19-20(21(25)24(4)22(26)23(19)3)18(17)13-16-10-8-7-9-11-16/h7-11,14-15,18H,5-6,12-13H2,1-4H3. The molecule has 1 heterocycles. The second-order valence-electron chi connectivity index (χ2n) is 7.35. The van der Waals surface area contributed by atoms with Crippen molar-refractivity contribution in [3.05, 3.63) is 73.6 Å². The predicted octanol–water partition coefficient (Wildman–Crippen LogP) is 3.63. The Morgan fingerprint density at radius 3 is 2.27 bits per heavy atom. The Hall–Kier alpha value is -2.36. The fourth-order valence-corrected chi connectivity index (χ4v) is 4.04. The topological polar surface area (TPSA) is 44.0 Å². The summed E-state index contributed by atoms with van der Waals surface area (Å²) in [6, 6.07) is 10.3. The lowest BCUT2D eigenvalue weighted by Crippen LogP contribution is -2.40. The van der Waals surface area contributed by atoms with Gasteiger partial charge in [0.2, 0.25) is 0 Å². The number of benzene rings is 1. The molecule has 0 radical (unpaired) electrons. The number of aromatic nitrogens is 2. The third-order valence-electron chi connectivity index (χ3n) is 5.83. The Morgan fingerprint density at radius 1 is 1.00 bits per heavy atom. The van der Waals surface area contributed by atoms with Crippen LogP contribution in [-0.4, -0.2) is 9.13 Å². The minimum atomic E-state index is -0.257. The third-order valence-corrected chi connectivity index (χ3v) is 5.83. The van der Waals surface area contributed by atoms with E-state index in [1.54, 1.807) is 18.7 Å². The highest BCUT2D eigenvalue weighted by Crippen LogP contribution is 2.40. The van der Waals surface area contributed by atoms with Crippen molar-refractivity contribution in [3.63, 3.8) is 0 Å². The van der Waals surface area contributed by atoms with Gasteiger partial charge < -0.3 is 0 Å². The zero-order valence-corrected chi connectivity index (χ0v) is 16.2. The maximum absolute atomic E-state index is 12.9. The van der Waals surface area contributed by atoms with Crippen LogP contribution in [0, 0.1) is 5.92 Å². The first kappa shape index (κ1) is 18.4. The molecular weight excluding hydrogens is 324 g/mol. The van der Waals surface area contributed by atoms with Gasteiger partial charge in [-0.3, -0.25) is 13.9 Å². The second kappa shape index (κ2) is 7.48. The van der Waals surface area contributed by atoms with Crippen molar-refractivity contribution < 1.29 is 0 Å². The predicted molar refractivity (Wildman–Crippen MR) is 106 cm³/mol. The summed E-state index contributed by atoms with van der Waals surface area (Å²) in [5.74, 6) is 0.660. The summed E-state index contributed by atoms with van der Waals surface area (Å²) in [5, 5.41) is 0. The van der Waals surface area contributed by atoms with Crippen molar-refractivity contribution in [2.75, 3.05) is 0 Å². The second-order valence-corrected chi connectivity index (χ2v) is 7.35.